The number of nitrogens with zero attached hydrogens (tertiary/aromatic N) is 1. The maximum Gasteiger partial charge on any atom is 0.248 e. The van der Waals surface area contributed by atoms with Crippen molar-refractivity contribution in [3.05, 3.63) is 24.4 Å². The Hall–Kier alpha value is -1.99. The Kier molecular flexibility index (Phi) is 7.64. The molecule has 24 heavy (non-hydrogen) atoms. The second-order valence-electron chi connectivity index (χ2n) is 5.77. The molecule has 2 heterocycles. The molecule has 1 aliphatic rings. The van der Waals surface area contributed by atoms with E-state index in [4.69, 9.17) is 9.47 Å². The van der Waals surface area contributed by atoms with Crippen LogP contribution < -0.4 is 10.6 Å². The summed E-state index contributed by atoms with van der Waals surface area (Å²) in [7, 11) is 0. The lowest BCUT2D eigenvalue weighted by molar-refractivity contribution is -0.135. The topological polar surface area (TPSA) is 89.5 Å². The van der Waals surface area contributed by atoms with E-state index < -0.39 is 6.10 Å². The molecular formula is C17H25N3O4. The predicted molar refractivity (Wildman–Crippen MR) is 89.5 cm³/mol. The van der Waals surface area contributed by atoms with Crippen molar-refractivity contribution in [3.8, 4) is 0 Å². The van der Waals surface area contributed by atoms with E-state index >= 15 is 0 Å². The van der Waals surface area contributed by atoms with Gasteiger partial charge in [0.25, 0.3) is 0 Å². The van der Waals surface area contributed by atoms with Crippen molar-refractivity contribution in [1.29, 1.82) is 0 Å². The second kappa shape index (κ2) is 10.00. The average Bonchev–Trinajstić information content (AvgIpc) is 2.61. The molecule has 1 fully saturated rings. The minimum atomic E-state index is -0.561. The lowest BCUT2D eigenvalue weighted by atomic mass is 10.1. The first-order valence-electron chi connectivity index (χ1n) is 8.37. The molecule has 2 N–H and O–H groups in total. The third-order valence-corrected chi connectivity index (χ3v) is 3.76. The van der Waals surface area contributed by atoms with Crippen LogP contribution in [-0.4, -0.2) is 48.8 Å². The molecule has 2 rings (SSSR count). The standard InChI is InChI=1S/C17H25N3O4/c1-13(24-12-14-6-3-5-11-23-14)17(22)19-10-8-16(21)20-15-7-2-4-9-18-15/h2,4,7,9,13-14H,3,5-6,8,10-12H2,1H3,(H,19,22)(H,18,20,21)/t13-,14+/m1/s1. The molecule has 0 spiro atoms. The molecule has 1 aliphatic heterocycles. The molecule has 2 amide bonds. The third kappa shape index (κ3) is 6.64. The fraction of sp³-hybridized carbons (Fsp3) is 0.588. The number of hydrogen-bond donors (Lipinski definition) is 2. The molecule has 1 aromatic heterocycles. The molecule has 1 saturated heterocycles. The zero-order valence-electron chi connectivity index (χ0n) is 14.0. The Morgan fingerprint density at radius 1 is 1.42 bits per heavy atom. The molecule has 0 saturated carbocycles. The van der Waals surface area contributed by atoms with Gasteiger partial charge in [-0.25, -0.2) is 4.98 Å². The van der Waals surface area contributed by atoms with Gasteiger partial charge in [0, 0.05) is 25.8 Å². The number of rotatable bonds is 8. The van der Waals surface area contributed by atoms with Crippen molar-refractivity contribution in [3.63, 3.8) is 0 Å². The maximum absolute atomic E-state index is 11.9. The fourth-order valence-corrected chi connectivity index (χ4v) is 2.35. The lowest BCUT2D eigenvalue weighted by Crippen LogP contribution is -2.38. The Balaban J connectivity index is 1.58. The van der Waals surface area contributed by atoms with Gasteiger partial charge in [-0.2, -0.15) is 0 Å². The largest absolute Gasteiger partial charge is 0.376 e. The SMILES string of the molecule is C[C@@H](OC[C@@H]1CCCCO1)C(=O)NCCC(=O)Nc1ccccn1. The smallest absolute Gasteiger partial charge is 0.248 e. The minimum absolute atomic E-state index is 0.0816. The third-order valence-electron chi connectivity index (χ3n) is 3.76. The van der Waals surface area contributed by atoms with Crippen LogP contribution in [0.25, 0.3) is 0 Å². The van der Waals surface area contributed by atoms with Crippen molar-refractivity contribution >= 4 is 17.6 Å². The molecule has 132 valence electrons. The monoisotopic (exact) mass is 335 g/mol. The fourth-order valence-electron chi connectivity index (χ4n) is 2.35. The highest BCUT2D eigenvalue weighted by atomic mass is 16.5. The van der Waals surface area contributed by atoms with Crippen molar-refractivity contribution in [2.75, 3.05) is 25.1 Å². The molecule has 0 radical (unpaired) electrons. The van der Waals surface area contributed by atoms with Crippen LogP contribution >= 0.6 is 0 Å². The van der Waals surface area contributed by atoms with Gasteiger partial charge in [-0.15, -0.1) is 0 Å². The van der Waals surface area contributed by atoms with E-state index in [9.17, 15) is 9.59 Å². The van der Waals surface area contributed by atoms with Gasteiger partial charge < -0.3 is 20.1 Å². The van der Waals surface area contributed by atoms with Gasteiger partial charge in [-0.1, -0.05) is 6.07 Å². The van der Waals surface area contributed by atoms with Gasteiger partial charge >= 0.3 is 0 Å². The quantitative estimate of drug-likeness (QED) is 0.751. The number of ether oxygens (including phenoxy) is 2. The highest BCUT2D eigenvalue weighted by molar-refractivity contribution is 5.90. The number of carbonyl (C=O) groups excluding carboxylic acids is 2. The van der Waals surface area contributed by atoms with Crippen LogP contribution in [0, 0.1) is 0 Å². The summed E-state index contributed by atoms with van der Waals surface area (Å²) in [5.41, 5.74) is 0. The van der Waals surface area contributed by atoms with E-state index in [1.807, 2.05) is 0 Å². The van der Waals surface area contributed by atoms with Crippen molar-refractivity contribution in [1.82, 2.24) is 10.3 Å². The summed E-state index contributed by atoms with van der Waals surface area (Å²) >= 11 is 0. The lowest BCUT2D eigenvalue weighted by Gasteiger charge is -2.23. The summed E-state index contributed by atoms with van der Waals surface area (Å²) in [6.45, 7) is 3.14. The van der Waals surface area contributed by atoms with Gasteiger partial charge in [0.1, 0.15) is 11.9 Å². The number of anilines is 1. The van der Waals surface area contributed by atoms with E-state index in [0.29, 0.717) is 12.4 Å². The van der Waals surface area contributed by atoms with Crippen LogP contribution in [0.1, 0.15) is 32.6 Å². The summed E-state index contributed by atoms with van der Waals surface area (Å²) in [6, 6.07) is 5.27. The normalized spacial score (nSPS) is 18.6. The van der Waals surface area contributed by atoms with Crippen LogP contribution in [0.3, 0.4) is 0 Å². The number of aromatic nitrogens is 1. The highest BCUT2D eigenvalue weighted by Crippen LogP contribution is 2.13. The molecule has 7 nitrogen and oxygen atoms in total. The number of carbonyl (C=O) groups is 2. The first-order valence-corrected chi connectivity index (χ1v) is 8.37. The molecule has 0 bridgehead atoms. The number of hydrogen-bond acceptors (Lipinski definition) is 5. The van der Waals surface area contributed by atoms with Crippen molar-refractivity contribution in [2.24, 2.45) is 0 Å². The number of pyridine rings is 1. The molecule has 2 atom stereocenters. The minimum Gasteiger partial charge on any atom is -0.376 e. The van der Waals surface area contributed by atoms with E-state index in [1.165, 1.54) is 0 Å². The van der Waals surface area contributed by atoms with Gasteiger partial charge in [-0.3, -0.25) is 9.59 Å². The first-order chi connectivity index (χ1) is 11.6. The Labute approximate surface area is 142 Å². The van der Waals surface area contributed by atoms with Gasteiger partial charge in [-0.05, 0) is 38.3 Å². The molecule has 7 heteroatoms. The first kappa shape index (κ1) is 18.4. The van der Waals surface area contributed by atoms with E-state index in [0.717, 1.165) is 25.9 Å². The molecule has 0 aliphatic carbocycles. The van der Waals surface area contributed by atoms with Crippen molar-refractivity contribution in [2.45, 2.75) is 44.8 Å². The number of nitrogens with one attached hydrogen (secondary N) is 2. The van der Waals surface area contributed by atoms with Crippen LogP contribution in [0.15, 0.2) is 24.4 Å². The summed E-state index contributed by atoms with van der Waals surface area (Å²) < 4.78 is 11.1. The average molecular weight is 335 g/mol. The number of amides is 2. The Bertz CT molecular complexity index is 518. The summed E-state index contributed by atoms with van der Waals surface area (Å²) in [6.07, 6.45) is 4.51. The summed E-state index contributed by atoms with van der Waals surface area (Å²) in [5, 5.41) is 5.36. The summed E-state index contributed by atoms with van der Waals surface area (Å²) in [4.78, 5) is 27.7. The van der Waals surface area contributed by atoms with Gasteiger partial charge in [0.15, 0.2) is 0 Å². The Morgan fingerprint density at radius 2 is 2.29 bits per heavy atom. The zero-order valence-corrected chi connectivity index (χ0v) is 14.0. The molecular weight excluding hydrogens is 310 g/mol. The van der Waals surface area contributed by atoms with Gasteiger partial charge in [0.2, 0.25) is 11.8 Å². The van der Waals surface area contributed by atoms with E-state index in [1.54, 1.807) is 31.3 Å². The van der Waals surface area contributed by atoms with Gasteiger partial charge in [0.05, 0.1) is 12.7 Å². The molecule has 0 unspecified atom stereocenters. The highest BCUT2D eigenvalue weighted by Gasteiger charge is 2.18. The molecule has 1 aromatic rings. The van der Waals surface area contributed by atoms with Crippen LogP contribution in [0.2, 0.25) is 0 Å². The van der Waals surface area contributed by atoms with E-state index in [2.05, 4.69) is 15.6 Å². The van der Waals surface area contributed by atoms with Crippen molar-refractivity contribution < 1.29 is 19.1 Å². The summed E-state index contributed by atoms with van der Waals surface area (Å²) in [5.74, 6) is 0.0765. The maximum atomic E-state index is 11.9. The molecule has 0 aromatic carbocycles. The van der Waals surface area contributed by atoms with Crippen LogP contribution in [-0.2, 0) is 19.1 Å². The van der Waals surface area contributed by atoms with Crippen LogP contribution in [0.4, 0.5) is 5.82 Å². The van der Waals surface area contributed by atoms with E-state index in [-0.39, 0.29) is 30.9 Å². The second-order valence-corrected chi connectivity index (χ2v) is 5.77. The Morgan fingerprint density at radius 3 is 3.00 bits per heavy atom. The van der Waals surface area contributed by atoms with Crippen LogP contribution in [0.5, 0.6) is 0 Å². The predicted octanol–water partition coefficient (Wildman–Crippen LogP) is 1.50. The zero-order chi connectivity index (χ0) is 17.2.